The van der Waals surface area contributed by atoms with Gasteiger partial charge < -0.3 is 0 Å². The molecule has 0 radical (unpaired) electrons. The van der Waals surface area contributed by atoms with Crippen molar-refractivity contribution in [1.29, 1.82) is 0 Å². The molecule has 0 aliphatic heterocycles. The average molecular weight is 455 g/mol. The predicted molar refractivity (Wildman–Crippen MR) is 82.7 cm³/mol. The number of carbonyl (C=O) groups is 1. The SMILES string of the molecule is CC(=O)[CH2][Ir].c1ccc(-c2ccc3ccccc3n2)cc1. The number of nitrogens with zero attached hydrogens (tertiary/aromatic N) is 1. The number of ketones is 1. The molecular weight excluding hydrogens is 438 g/mol. The predicted octanol–water partition coefficient (Wildman–Crippen LogP) is 4.44. The second-order valence-electron chi connectivity index (χ2n) is 4.58. The third-order valence-corrected chi connectivity index (χ3v) is 4.03. The molecule has 2 aromatic carbocycles. The van der Waals surface area contributed by atoms with Gasteiger partial charge in [-0.15, -0.1) is 0 Å². The van der Waals surface area contributed by atoms with E-state index in [1.54, 1.807) is 6.92 Å². The molecule has 0 fully saturated rings. The van der Waals surface area contributed by atoms with Crippen molar-refractivity contribution < 1.29 is 23.7 Å². The van der Waals surface area contributed by atoms with Crippen molar-refractivity contribution in [2.45, 2.75) is 11.9 Å². The van der Waals surface area contributed by atoms with E-state index < -0.39 is 0 Å². The first-order valence-corrected chi connectivity index (χ1v) is 8.33. The number of carbonyl (C=O) groups excluding carboxylic acids is 1. The summed E-state index contributed by atoms with van der Waals surface area (Å²) in [6, 6.07) is 22.6. The fourth-order valence-corrected chi connectivity index (χ4v) is 1.84. The second-order valence-corrected chi connectivity index (χ2v) is 5.42. The van der Waals surface area contributed by atoms with Crippen LogP contribution in [0.1, 0.15) is 6.92 Å². The van der Waals surface area contributed by atoms with Gasteiger partial charge in [0.05, 0.1) is 11.2 Å². The second kappa shape index (κ2) is 7.82. The van der Waals surface area contributed by atoms with Crippen molar-refractivity contribution >= 4 is 16.7 Å². The molecule has 1 aromatic heterocycles. The van der Waals surface area contributed by atoms with E-state index in [0.29, 0.717) is 4.93 Å². The number of para-hydroxylation sites is 1. The Bertz CT molecular complexity index is 725. The molecule has 0 N–H and O–H groups in total. The van der Waals surface area contributed by atoms with Crippen molar-refractivity contribution in [3.63, 3.8) is 0 Å². The van der Waals surface area contributed by atoms with Crippen LogP contribution in [-0.2, 0) is 23.7 Å². The molecule has 0 amide bonds. The Morgan fingerprint density at radius 1 is 0.952 bits per heavy atom. The van der Waals surface area contributed by atoms with Crippen LogP contribution in [-0.4, -0.2) is 10.8 Å². The van der Waals surface area contributed by atoms with Gasteiger partial charge in [-0.05, 0) is 12.1 Å². The van der Waals surface area contributed by atoms with Gasteiger partial charge in [0.15, 0.2) is 0 Å². The molecule has 3 rings (SSSR count). The van der Waals surface area contributed by atoms with Crippen LogP contribution in [0.2, 0.25) is 4.93 Å². The van der Waals surface area contributed by atoms with Crippen molar-refractivity contribution in [2.24, 2.45) is 0 Å². The van der Waals surface area contributed by atoms with E-state index in [0.717, 1.165) is 16.8 Å². The number of hydrogen-bond acceptors (Lipinski definition) is 2. The molecule has 0 aliphatic rings. The van der Waals surface area contributed by atoms with Gasteiger partial charge in [0.2, 0.25) is 0 Å². The summed E-state index contributed by atoms with van der Waals surface area (Å²) < 4.78 is 0. The summed E-state index contributed by atoms with van der Waals surface area (Å²) in [4.78, 5) is 15.1. The van der Waals surface area contributed by atoms with E-state index in [9.17, 15) is 4.79 Å². The molecule has 1 heterocycles. The average Bonchev–Trinajstić information content (AvgIpc) is 2.56. The van der Waals surface area contributed by atoms with Gasteiger partial charge in [0.25, 0.3) is 0 Å². The van der Waals surface area contributed by atoms with Gasteiger partial charge in [-0.25, -0.2) is 4.98 Å². The first kappa shape index (κ1) is 15.6. The summed E-state index contributed by atoms with van der Waals surface area (Å²) in [5.74, 6) is 0.255. The molecule has 21 heavy (non-hydrogen) atoms. The van der Waals surface area contributed by atoms with Crippen LogP contribution >= 0.6 is 0 Å². The van der Waals surface area contributed by atoms with Gasteiger partial charge in [0, 0.05) is 10.9 Å². The minimum Gasteiger partial charge on any atom is -0.248 e. The van der Waals surface area contributed by atoms with Crippen LogP contribution in [0, 0.1) is 0 Å². The third-order valence-electron chi connectivity index (χ3n) is 2.83. The van der Waals surface area contributed by atoms with Gasteiger partial charge >= 0.3 is 41.3 Å². The minimum atomic E-state index is 0.255. The third kappa shape index (κ3) is 4.59. The maximum absolute atomic E-state index is 9.81. The Kier molecular flexibility index (Phi) is 5.79. The quantitative estimate of drug-likeness (QED) is 0.573. The minimum absolute atomic E-state index is 0.255. The Hall–Kier alpha value is -1.83. The molecule has 0 saturated carbocycles. The maximum atomic E-state index is 9.81. The van der Waals surface area contributed by atoms with Gasteiger partial charge in [0.1, 0.15) is 0 Å². The first-order chi connectivity index (χ1) is 10.2. The van der Waals surface area contributed by atoms with Gasteiger partial charge in [-0.2, -0.15) is 0 Å². The summed E-state index contributed by atoms with van der Waals surface area (Å²) in [7, 11) is 0. The van der Waals surface area contributed by atoms with E-state index in [1.165, 1.54) is 5.39 Å². The van der Waals surface area contributed by atoms with E-state index >= 15 is 0 Å². The van der Waals surface area contributed by atoms with E-state index in [4.69, 9.17) is 0 Å². The molecule has 3 aromatic rings. The molecule has 108 valence electrons. The van der Waals surface area contributed by atoms with E-state index in [2.05, 4.69) is 35.3 Å². The van der Waals surface area contributed by atoms with Crippen LogP contribution < -0.4 is 0 Å². The summed E-state index contributed by atoms with van der Waals surface area (Å²) in [5, 5.41) is 1.18. The molecule has 0 bridgehead atoms. The number of pyridine rings is 1. The summed E-state index contributed by atoms with van der Waals surface area (Å²) in [6.45, 7) is 1.58. The van der Waals surface area contributed by atoms with Crippen molar-refractivity contribution in [1.82, 2.24) is 4.98 Å². The zero-order chi connectivity index (χ0) is 15.1. The summed E-state index contributed by atoms with van der Waals surface area (Å²) in [6.07, 6.45) is 0. The standard InChI is InChI=1S/C15H11N.C3H5O.Ir/c1-2-6-12(7-3-1)15-11-10-13-8-4-5-9-14(13)16-15;1-3(2)4;/h1-11H;1H2,2H3;. The van der Waals surface area contributed by atoms with Crippen LogP contribution in [0.25, 0.3) is 22.2 Å². The number of benzene rings is 2. The summed E-state index contributed by atoms with van der Waals surface area (Å²) >= 11 is 1.85. The van der Waals surface area contributed by atoms with Gasteiger partial charge in [-0.3, -0.25) is 0 Å². The monoisotopic (exact) mass is 455 g/mol. The molecule has 0 spiro atoms. The molecular formula is C18H16IrNO. The van der Waals surface area contributed by atoms with E-state index in [1.807, 2.05) is 55.3 Å². The first-order valence-electron chi connectivity index (χ1n) is 6.64. The number of hydrogen-bond donors (Lipinski definition) is 0. The summed E-state index contributed by atoms with van der Waals surface area (Å²) in [5.41, 5.74) is 3.23. The Labute approximate surface area is 135 Å². The molecule has 0 aliphatic carbocycles. The molecule has 3 heteroatoms. The smallest absolute Gasteiger partial charge is 0.0709 e. The fraction of sp³-hybridized carbons (Fsp3) is 0.111. The molecule has 0 saturated heterocycles. The van der Waals surface area contributed by atoms with Crippen molar-refractivity contribution in [2.75, 3.05) is 0 Å². The molecule has 2 nitrogen and oxygen atoms in total. The Morgan fingerprint density at radius 3 is 2.24 bits per heavy atom. The largest absolute Gasteiger partial charge is 0.248 e. The fourth-order valence-electron chi connectivity index (χ4n) is 1.84. The van der Waals surface area contributed by atoms with E-state index in [-0.39, 0.29) is 5.78 Å². The van der Waals surface area contributed by atoms with Crippen molar-refractivity contribution in [3.8, 4) is 11.3 Å². The Morgan fingerprint density at radius 2 is 1.57 bits per heavy atom. The number of rotatable bonds is 2. The zero-order valence-electron chi connectivity index (χ0n) is 11.7. The van der Waals surface area contributed by atoms with Crippen molar-refractivity contribution in [3.05, 3.63) is 66.7 Å². The topological polar surface area (TPSA) is 30.0 Å². The molecule has 0 atom stereocenters. The van der Waals surface area contributed by atoms with Crippen LogP contribution in [0.5, 0.6) is 0 Å². The number of aromatic nitrogens is 1. The molecule has 0 unspecified atom stereocenters. The zero-order valence-corrected chi connectivity index (χ0v) is 14.1. The van der Waals surface area contributed by atoms with Crippen LogP contribution in [0.15, 0.2) is 66.7 Å². The number of fused-ring (bicyclic) bond motifs is 1. The maximum Gasteiger partial charge on any atom is 0.0709 e. The number of Topliss-reactive ketones (excluding diaryl/α,β-unsaturated/α-hetero) is 1. The van der Waals surface area contributed by atoms with Crippen LogP contribution in [0.3, 0.4) is 0 Å². The van der Waals surface area contributed by atoms with Crippen LogP contribution in [0.4, 0.5) is 0 Å². The Balaban J connectivity index is 0.000000282. The normalized spacial score (nSPS) is 9.86. The van der Waals surface area contributed by atoms with Gasteiger partial charge in [-0.1, -0.05) is 54.6 Å².